The van der Waals surface area contributed by atoms with Crippen LogP contribution in [-0.2, 0) is 14.3 Å². The standard InChI is InChI=1S/C10H19NO3/c1-4-7-14-9(12)5-6-11-10(13)8(2)3/h8H,4-7H2,1-3H3,(H,11,13). The van der Waals surface area contributed by atoms with Gasteiger partial charge in [0.15, 0.2) is 0 Å². The number of hydrogen-bond donors (Lipinski definition) is 1. The molecule has 0 saturated carbocycles. The van der Waals surface area contributed by atoms with Gasteiger partial charge in [-0.15, -0.1) is 0 Å². The third-order valence-corrected chi connectivity index (χ3v) is 1.62. The lowest BCUT2D eigenvalue weighted by Gasteiger charge is -2.07. The number of carbonyl (C=O) groups is 2. The molecule has 0 aromatic carbocycles. The van der Waals surface area contributed by atoms with Crippen LogP contribution in [0.25, 0.3) is 0 Å². The first kappa shape index (κ1) is 12.9. The van der Waals surface area contributed by atoms with Crippen molar-refractivity contribution in [1.29, 1.82) is 0 Å². The SMILES string of the molecule is CCCOC(=O)CCNC(=O)C(C)C. The highest BCUT2D eigenvalue weighted by Gasteiger charge is 2.07. The van der Waals surface area contributed by atoms with Gasteiger partial charge in [0, 0.05) is 12.5 Å². The minimum Gasteiger partial charge on any atom is -0.466 e. The Balaban J connectivity index is 3.44. The van der Waals surface area contributed by atoms with Gasteiger partial charge in [-0.2, -0.15) is 0 Å². The Morgan fingerprint density at radius 3 is 2.50 bits per heavy atom. The minimum absolute atomic E-state index is 0.0340. The van der Waals surface area contributed by atoms with E-state index in [4.69, 9.17) is 4.74 Å². The molecular formula is C10H19NO3. The topological polar surface area (TPSA) is 55.4 Å². The Bertz CT molecular complexity index is 190. The molecule has 0 aliphatic rings. The molecule has 0 bridgehead atoms. The average Bonchev–Trinajstić information content (AvgIpc) is 2.14. The van der Waals surface area contributed by atoms with Crippen molar-refractivity contribution in [2.24, 2.45) is 5.92 Å². The summed E-state index contributed by atoms with van der Waals surface area (Å²) >= 11 is 0. The lowest BCUT2D eigenvalue weighted by Crippen LogP contribution is -2.30. The minimum atomic E-state index is -0.254. The summed E-state index contributed by atoms with van der Waals surface area (Å²) in [6.07, 6.45) is 1.07. The molecule has 0 fully saturated rings. The summed E-state index contributed by atoms with van der Waals surface area (Å²) in [5.74, 6) is -0.328. The zero-order chi connectivity index (χ0) is 11.0. The summed E-state index contributed by atoms with van der Waals surface area (Å²) in [7, 11) is 0. The number of carbonyl (C=O) groups excluding carboxylic acids is 2. The molecular weight excluding hydrogens is 182 g/mol. The van der Waals surface area contributed by atoms with E-state index in [1.807, 2.05) is 20.8 Å². The predicted octanol–water partition coefficient (Wildman–Crippen LogP) is 1.10. The maximum atomic E-state index is 11.1. The largest absolute Gasteiger partial charge is 0.466 e. The van der Waals surface area contributed by atoms with Gasteiger partial charge >= 0.3 is 5.97 Å². The Hall–Kier alpha value is -1.06. The maximum absolute atomic E-state index is 11.1. The first-order valence-corrected chi connectivity index (χ1v) is 5.01. The van der Waals surface area contributed by atoms with E-state index in [1.165, 1.54) is 0 Å². The molecule has 0 atom stereocenters. The van der Waals surface area contributed by atoms with Crippen LogP contribution >= 0.6 is 0 Å². The lowest BCUT2D eigenvalue weighted by atomic mass is 10.2. The van der Waals surface area contributed by atoms with Crippen molar-refractivity contribution in [2.45, 2.75) is 33.6 Å². The quantitative estimate of drug-likeness (QED) is 0.655. The van der Waals surface area contributed by atoms with Crippen LogP contribution in [-0.4, -0.2) is 25.0 Å². The van der Waals surface area contributed by atoms with Gasteiger partial charge in [0.1, 0.15) is 0 Å². The maximum Gasteiger partial charge on any atom is 0.307 e. The van der Waals surface area contributed by atoms with Crippen LogP contribution < -0.4 is 5.32 Å². The summed E-state index contributed by atoms with van der Waals surface area (Å²) in [6, 6.07) is 0. The van der Waals surface area contributed by atoms with Crippen molar-refractivity contribution in [3.63, 3.8) is 0 Å². The number of hydrogen-bond acceptors (Lipinski definition) is 3. The molecule has 1 amide bonds. The average molecular weight is 201 g/mol. The molecule has 0 aromatic rings. The van der Waals surface area contributed by atoms with E-state index < -0.39 is 0 Å². The van der Waals surface area contributed by atoms with Gasteiger partial charge in [-0.1, -0.05) is 20.8 Å². The van der Waals surface area contributed by atoms with Gasteiger partial charge < -0.3 is 10.1 Å². The molecule has 82 valence electrons. The monoisotopic (exact) mass is 201 g/mol. The summed E-state index contributed by atoms with van der Waals surface area (Å²) in [4.78, 5) is 22.1. The van der Waals surface area contributed by atoms with Crippen molar-refractivity contribution in [3.05, 3.63) is 0 Å². The molecule has 0 spiro atoms. The van der Waals surface area contributed by atoms with E-state index in [1.54, 1.807) is 0 Å². The summed E-state index contributed by atoms with van der Waals surface area (Å²) < 4.78 is 4.84. The fourth-order valence-electron chi connectivity index (χ4n) is 0.780. The summed E-state index contributed by atoms with van der Waals surface area (Å²) in [5, 5.41) is 2.65. The van der Waals surface area contributed by atoms with Crippen LogP contribution in [0.4, 0.5) is 0 Å². The molecule has 0 rings (SSSR count). The van der Waals surface area contributed by atoms with Crippen molar-refractivity contribution in [3.8, 4) is 0 Å². The Labute approximate surface area is 85.0 Å². The molecule has 1 N–H and O–H groups in total. The van der Waals surface area contributed by atoms with E-state index in [-0.39, 0.29) is 24.2 Å². The van der Waals surface area contributed by atoms with E-state index in [0.29, 0.717) is 13.2 Å². The van der Waals surface area contributed by atoms with Crippen molar-refractivity contribution in [2.75, 3.05) is 13.2 Å². The predicted molar refractivity (Wildman–Crippen MR) is 53.7 cm³/mol. The van der Waals surface area contributed by atoms with Crippen LogP contribution in [0.1, 0.15) is 33.6 Å². The lowest BCUT2D eigenvalue weighted by molar-refractivity contribution is -0.143. The van der Waals surface area contributed by atoms with Crippen LogP contribution in [0, 0.1) is 5.92 Å². The van der Waals surface area contributed by atoms with Crippen LogP contribution in [0.3, 0.4) is 0 Å². The molecule has 0 saturated heterocycles. The number of nitrogens with one attached hydrogen (secondary N) is 1. The molecule has 0 radical (unpaired) electrons. The Morgan fingerprint density at radius 1 is 1.36 bits per heavy atom. The molecule has 0 aliphatic carbocycles. The zero-order valence-corrected chi connectivity index (χ0v) is 9.13. The molecule has 4 nitrogen and oxygen atoms in total. The van der Waals surface area contributed by atoms with Crippen molar-refractivity contribution in [1.82, 2.24) is 5.32 Å². The number of ether oxygens (including phenoxy) is 1. The highest BCUT2D eigenvalue weighted by atomic mass is 16.5. The fourth-order valence-corrected chi connectivity index (χ4v) is 0.780. The van der Waals surface area contributed by atoms with Gasteiger partial charge in [0.2, 0.25) is 5.91 Å². The van der Waals surface area contributed by atoms with E-state index >= 15 is 0 Å². The molecule has 0 unspecified atom stereocenters. The molecule has 0 aliphatic heterocycles. The molecule has 4 heteroatoms. The summed E-state index contributed by atoms with van der Waals surface area (Å²) in [5.41, 5.74) is 0. The van der Waals surface area contributed by atoms with Crippen LogP contribution in [0.15, 0.2) is 0 Å². The summed E-state index contributed by atoms with van der Waals surface area (Å²) in [6.45, 7) is 6.37. The fraction of sp³-hybridized carbons (Fsp3) is 0.800. The van der Waals surface area contributed by atoms with E-state index in [0.717, 1.165) is 6.42 Å². The highest BCUT2D eigenvalue weighted by molar-refractivity contribution is 5.78. The highest BCUT2D eigenvalue weighted by Crippen LogP contribution is 1.92. The van der Waals surface area contributed by atoms with Gasteiger partial charge in [0.25, 0.3) is 0 Å². The van der Waals surface area contributed by atoms with Crippen molar-refractivity contribution < 1.29 is 14.3 Å². The number of rotatable bonds is 6. The molecule has 0 aromatic heterocycles. The van der Waals surface area contributed by atoms with Crippen LogP contribution in [0.2, 0.25) is 0 Å². The Morgan fingerprint density at radius 2 is 2.00 bits per heavy atom. The first-order valence-electron chi connectivity index (χ1n) is 5.01. The van der Waals surface area contributed by atoms with E-state index in [2.05, 4.69) is 5.32 Å². The van der Waals surface area contributed by atoms with E-state index in [9.17, 15) is 9.59 Å². The molecule has 0 heterocycles. The van der Waals surface area contributed by atoms with Gasteiger partial charge in [-0.05, 0) is 6.42 Å². The third kappa shape index (κ3) is 6.46. The van der Waals surface area contributed by atoms with Gasteiger partial charge in [-0.25, -0.2) is 0 Å². The number of esters is 1. The second-order valence-corrected chi connectivity index (χ2v) is 3.42. The zero-order valence-electron chi connectivity index (χ0n) is 9.13. The van der Waals surface area contributed by atoms with Crippen LogP contribution in [0.5, 0.6) is 0 Å². The smallest absolute Gasteiger partial charge is 0.307 e. The molecule has 14 heavy (non-hydrogen) atoms. The normalized spacial score (nSPS) is 10.0. The first-order chi connectivity index (χ1) is 6.57. The third-order valence-electron chi connectivity index (χ3n) is 1.62. The second-order valence-electron chi connectivity index (χ2n) is 3.42. The Kier molecular flexibility index (Phi) is 6.80. The van der Waals surface area contributed by atoms with Crippen molar-refractivity contribution >= 4 is 11.9 Å². The number of amides is 1. The van der Waals surface area contributed by atoms with Gasteiger partial charge in [0.05, 0.1) is 13.0 Å². The van der Waals surface area contributed by atoms with Gasteiger partial charge in [-0.3, -0.25) is 9.59 Å². The second kappa shape index (κ2) is 7.35.